The first-order valence-electron chi connectivity index (χ1n) is 7.14. The summed E-state index contributed by atoms with van der Waals surface area (Å²) in [7, 11) is 0. The second-order valence-electron chi connectivity index (χ2n) is 5.33. The highest BCUT2D eigenvalue weighted by molar-refractivity contribution is 5.73. The Kier molecular flexibility index (Phi) is 5.52. The van der Waals surface area contributed by atoms with Crippen LogP contribution in [0.15, 0.2) is 24.3 Å². The van der Waals surface area contributed by atoms with Crippen LogP contribution in [0.5, 0.6) is 0 Å². The van der Waals surface area contributed by atoms with Gasteiger partial charge in [-0.1, -0.05) is 12.1 Å². The van der Waals surface area contributed by atoms with E-state index < -0.39 is 5.60 Å². The molecule has 1 saturated heterocycles. The molecule has 0 aromatic heterocycles. The predicted octanol–water partition coefficient (Wildman–Crippen LogP) is 1.21. The third-order valence-corrected chi connectivity index (χ3v) is 3.59. The van der Waals surface area contributed by atoms with Gasteiger partial charge in [-0.3, -0.25) is 0 Å². The minimum atomic E-state index is -0.877. The second-order valence-corrected chi connectivity index (χ2v) is 5.33. The van der Waals surface area contributed by atoms with Crippen molar-refractivity contribution >= 4 is 6.03 Å². The van der Waals surface area contributed by atoms with Gasteiger partial charge >= 0.3 is 6.03 Å². The Morgan fingerprint density at radius 3 is 2.81 bits per heavy atom. The minimum Gasteiger partial charge on any atom is -0.388 e. The van der Waals surface area contributed by atoms with Crippen molar-refractivity contribution in [1.82, 2.24) is 10.6 Å². The maximum atomic E-state index is 13.0. The number of hydrogen-bond acceptors (Lipinski definition) is 3. The molecule has 0 atom stereocenters. The number of benzene rings is 1. The number of rotatable bonds is 5. The van der Waals surface area contributed by atoms with Crippen molar-refractivity contribution in [1.29, 1.82) is 0 Å². The van der Waals surface area contributed by atoms with Gasteiger partial charge < -0.3 is 20.5 Å². The van der Waals surface area contributed by atoms with Crippen LogP contribution < -0.4 is 10.6 Å². The molecule has 1 heterocycles. The normalized spacial score (nSPS) is 17.2. The van der Waals surface area contributed by atoms with Crippen LogP contribution in [0.3, 0.4) is 0 Å². The summed E-state index contributed by atoms with van der Waals surface area (Å²) in [6.45, 7) is 1.65. The van der Waals surface area contributed by atoms with Crippen molar-refractivity contribution in [2.75, 3.05) is 26.3 Å². The van der Waals surface area contributed by atoms with Crippen molar-refractivity contribution in [3.8, 4) is 0 Å². The van der Waals surface area contributed by atoms with E-state index in [0.29, 0.717) is 39.0 Å². The molecule has 2 rings (SSSR count). The fourth-order valence-electron chi connectivity index (χ4n) is 2.25. The predicted molar refractivity (Wildman–Crippen MR) is 76.5 cm³/mol. The van der Waals surface area contributed by atoms with Gasteiger partial charge in [0, 0.05) is 39.1 Å². The summed E-state index contributed by atoms with van der Waals surface area (Å²) in [5.74, 6) is -0.279. The molecule has 1 aliphatic rings. The number of carbonyl (C=O) groups excluding carboxylic acids is 1. The summed E-state index contributed by atoms with van der Waals surface area (Å²) in [6.07, 6.45) is 1.61. The third kappa shape index (κ3) is 5.32. The van der Waals surface area contributed by atoms with Crippen LogP contribution in [0.25, 0.3) is 0 Å². The largest absolute Gasteiger partial charge is 0.388 e. The highest BCUT2D eigenvalue weighted by atomic mass is 19.1. The van der Waals surface area contributed by atoms with Crippen LogP contribution in [-0.2, 0) is 11.2 Å². The molecule has 3 N–H and O–H groups in total. The standard InChI is InChI=1S/C15H21FN2O3/c16-13-3-1-2-12(10-13)4-7-17-14(19)18-11-15(20)5-8-21-9-6-15/h1-3,10,20H,4-9,11H2,(H2,17,18,19). The summed E-state index contributed by atoms with van der Waals surface area (Å²) in [4.78, 5) is 11.6. The van der Waals surface area contributed by atoms with Gasteiger partial charge in [0.15, 0.2) is 0 Å². The topological polar surface area (TPSA) is 70.6 Å². The number of amides is 2. The number of nitrogens with one attached hydrogen (secondary N) is 2. The van der Waals surface area contributed by atoms with Gasteiger partial charge in [0.2, 0.25) is 0 Å². The zero-order valence-electron chi connectivity index (χ0n) is 11.9. The van der Waals surface area contributed by atoms with Crippen molar-refractivity contribution in [2.45, 2.75) is 24.9 Å². The van der Waals surface area contributed by atoms with Crippen LogP contribution in [-0.4, -0.2) is 43.0 Å². The lowest BCUT2D eigenvalue weighted by Crippen LogP contribution is -2.49. The highest BCUT2D eigenvalue weighted by Crippen LogP contribution is 2.19. The van der Waals surface area contributed by atoms with Gasteiger partial charge in [0.1, 0.15) is 5.82 Å². The first kappa shape index (κ1) is 15.7. The molecule has 1 aromatic carbocycles. The lowest BCUT2D eigenvalue weighted by atomic mass is 9.94. The minimum absolute atomic E-state index is 0.210. The van der Waals surface area contributed by atoms with E-state index in [1.165, 1.54) is 12.1 Å². The Hall–Kier alpha value is -1.66. The van der Waals surface area contributed by atoms with Crippen molar-refractivity contribution in [3.05, 3.63) is 35.6 Å². The molecule has 6 heteroatoms. The van der Waals surface area contributed by atoms with Gasteiger partial charge in [-0.25, -0.2) is 9.18 Å². The molecular formula is C15H21FN2O3. The Labute approximate surface area is 123 Å². The molecule has 0 aliphatic carbocycles. The lowest BCUT2D eigenvalue weighted by molar-refractivity contribution is -0.0600. The molecule has 1 aromatic rings. The maximum Gasteiger partial charge on any atom is 0.314 e. The van der Waals surface area contributed by atoms with E-state index in [9.17, 15) is 14.3 Å². The molecular weight excluding hydrogens is 275 g/mol. The highest BCUT2D eigenvalue weighted by Gasteiger charge is 2.29. The van der Waals surface area contributed by atoms with E-state index in [4.69, 9.17) is 4.74 Å². The van der Waals surface area contributed by atoms with Crippen LogP contribution in [0.4, 0.5) is 9.18 Å². The number of aliphatic hydroxyl groups is 1. The summed E-state index contributed by atoms with van der Waals surface area (Å²) < 4.78 is 18.2. The Morgan fingerprint density at radius 1 is 1.33 bits per heavy atom. The molecule has 0 radical (unpaired) electrons. The Balaban J connectivity index is 1.65. The summed E-state index contributed by atoms with van der Waals surface area (Å²) >= 11 is 0. The summed E-state index contributed by atoms with van der Waals surface area (Å²) in [5, 5.41) is 15.5. The average Bonchev–Trinajstić information content (AvgIpc) is 2.46. The maximum absolute atomic E-state index is 13.0. The fourth-order valence-corrected chi connectivity index (χ4v) is 2.25. The smallest absolute Gasteiger partial charge is 0.314 e. The van der Waals surface area contributed by atoms with E-state index >= 15 is 0 Å². The molecule has 2 amide bonds. The van der Waals surface area contributed by atoms with Crippen molar-refractivity contribution in [3.63, 3.8) is 0 Å². The quantitative estimate of drug-likeness (QED) is 0.765. The SMILES string of the molecule is O=C(NCCc1cccc(F)c1)NCC1(O)CCOCC1. The average molecular weight is 296 g/mol. The zero-order chi connectivity index (χ0) is 15.1. The fraction of sp³-hybridized carbons (Fsp3) is 0.533. The molecule has 0 unspecified atom stereocenters. The van der Waals surface area contributed by atoms with Crippen LogP contribution >= 0.6 is 0 Å². The van der Waals surface area contributed by atoms with Gasteiger partial charge in [-0.15, -0.1) is 0 Å². The summed E-state index contributed by atoms with van der Waals surface area (Å²) in [6, 6.07) is 5.97. The van der Waals surface area contributed by atoms with Gasteiger partial charge in [-0.05, 0) is 24.1 Å². The van der Waals surface area contributed by atoms with Gasteiger partial charge in [-0.2, -0.15) is 0 Å². The molecule has 0 bridgehead atoms. The molecule has 116 valence electrons. The van der Waals surface area contributed by atoms with Crippen LogP contribution in [0.1, 0.15) is 18.4 Å². The molecule has 0 saturated carbocycles. The molecule has 1 fully saturated rings. The second kappa shape index (κ2) is 7.38. The number of urea groups is 1. The van der Waals surface area contributed by atoms with E-state index in [1.54, 1.807) is 6.07 Å². The van der Waals surface area contributed by atoms with E-state index in [2.05, 4.69) is 10.6 Å². The monoisotopic (exact) mass is 296 g/mol. The molecule has 5 nitrogen and oxygen atoms in total. The Bertz CT molecular complexity index is 476. The van der Waals surface area contributed by atoms with E-state index in [0.717, 1.165) is 5.56 Å². The molecule has 21 heavy (non-hydrogen) atoms. The molecule has 1 aliphatic heterocycles. The number of hydrogen-bond donors (Lipinski definition) is 3. The molecule has 0 spiro atoms. The Morgan fingerprint density at radius 2 is 2.10 bits per heavy atom. The van der Waals surface area contributed by atoms with Crippen LogP contribution in [0, 0.1) is 5.82 Å². The number of halogens is 1. The van der Waals surface area contributed by atoms with Crippen molar-refractivity contribution in [2.24, 2.45) is 0 Å². The number of ether oxygens (including phenoxy) is 1. The van der Waals surface area contributed by atoms with Crippen LogP contribution in [0.2, 0.25) is 0 Å². The van der Waals surface area contributed by atoms with E-state index in [-0.39, 0.29) is 18.4 Å². The van der Waals surface area contributed by atoms with Crippen molar-refractivity contribution < 1.29 is 19.0 Å². The lowest BCUT2D eigenvalue weighted by Gasteiger charge is -2.32. The zero-order valence-corrected chi connectivity index (χ0v) is 11.9. The first-order valence-corrected chi connectivity index (χ1v) is 7.14. The number of carbonyl (C=O) groups is 1. The van der Waals surface area contributed by atoms with Gasteiger partial charge in [0.25, 0.3) is 0 Å². The first-order chi connectivity index (χ1) is 10.1. The van der Waals surface area contributed by atoms with Gasteiger partial charge in [0.05, 0.1) is 5.60 Å². The van der Waals surface area contributed by atoms with E-state index in [1.807, 2.05) is 6.07 Å². The third-order valence-electron chi connectivity index (χ3n) is 3.59. The summed E-state index contributed by atoms with van der Waals surface area (Å²) in [5.41, 5.74) is -0.0450.